The first kappa shape index (κ1) is 11.0. The molecule has 0 amide bonds. The van der Waals surface area contributed by atoms with Gasteiger partial charge in [0.05, 0.1) is 13.3 Å². The molecule has 0 bridgehead atoms. The SMILES string of the molecule is COC(=O)c1[nH]ncc1C=CCCBr. The monoisotopic (exact) mass is 258 g/mol. The number of halogens is 1. The summed E-state index contributed by atoms with van der Waals surface area (Å²) in [6.45, 7) is 0. The molecule has 4 nitrogen and oxygen atoms in total. The van der Waals surface area contributed by atoms with E-state index in [2.05, 4.69) is 30.9 Å². The number of hydrogen-bond donors (Lipinski definition) is 1. The first-order valence-corrected chi connectivity index (χ1v) is 5.26. The summed E-state index contributed by atoms with van der Waals surface area (Å²) in [5.41, 5.74) is 1.14. The normalized spacial score (nSPS) is 10.7. The zero-order chi connectivity index (χ0) is 10.4. The third-order valence-electron chi connectivity index (χ3n) is 1.63. The van der Waals surface area contributed by atoms with Crippen LogP contribution in [0.25, 0.3) is 6.08 Å². The minimum atomic E-state index is -0.402. The van der Waals surface area contributed by atoms with Crippen LogP contribution in [-0.4, -0.2) is 28.6 Å². The molecule has 76 valence electrons. The van der Waals surface area contributed by atoms with E-state index in [0.717, 1.165) is 17.3 Å². The van der Waals surface area contributed by atoms with Crippen LogP contribution in [0.2, 0.25) is 0 Å². The Morgan fingerprint density at radius 1 is 1.79 bits per heavy atom. The predicted octanol–water partition coefficient (Wildman–Crippen LogP) is 1.99. The van der Waals surface area contributed by atoms with Gasteiger partial charge in [-0.3, -0.25) is 5.10 Å². The quantitative estimate of drug-likeness (QED) is 0.664. The maximum absolute atomic E-state index is 11.2. The third kappa shape index (κ3) is 2.70. The van der Waals surface area contributed by atoms with Crippen LogP contribution in [0.15, 0.2) is 12.3 Å². The van der Waals surface area contributed by atoms with Crippen LogP contribution >= 0.6 is 15.9 Å². The van der Waals surface area contributed by atoms with E-state index in [4.69, 9.17) is 0 Å². The highest BCUT2D eigenvalue weighted by molar-refractivity contribution is 9.09. The molecule has 1 aromatic rings. The summed E-state index contributed by atoms with van der Waals surface area (Å²) in [7, 11) is 1.34. The van der Waals surface area contributed by atoms with E-state index in [1.807, 2.05) is 12.2 Å². The van der Waals surface area contributed by atoms with Crippen LogP contribution in [0.5, 0.6) is 0 Å². The van der Waals surface area contributed by atoms with Gasteiger partial charge in [-0.2, -0.15) is 5.10 Å². The van der Waals surface area contributed by atoms with Gasteiger partial charge in [-0.15, -0.1) is 0 Å². The van der Waals surface area contributed by atoms with Crippen LogP contribution in [0.1, 0.15) is 22.5 Å². The fourth-order valence-electron chi connectivity index (χ4n) is 0.961. The lowest BCUT2D eigenvalue weighted by molar-refractivity contribution is 0.0594. The van der Waals surface area contributed by atoms with Crippen LogP contribution < -0.4 is 0 Å². The fraction of sp³-hybridized carbons (Fsp3) is 0.333. The molecule has 0 spiro atoms. The molecule has 1 heterocycles. The number of rotatable bonds is 4. The van der Waals surface area contributed by atoms with Gasteiger partial charge >= 0.3 is 5.97 Å². The summed E-state index contributed by atoms with van der Waals surface area (Å²) in [5.74, 6) is -0.402. The molecular weight excluding hydrogens is 248 g/mol. The molecule has 0 aliphatic heterocycles. The van der Waals surface area contributed by atoms with E-state index in [1.165, 1.54) is 7.11 Å². The summed E-state index contributed by atoms with van der Waals surface area (Å²) in [6.07, 6.45) is 6.31. The minimum Gasteiger partial charge on any atom is -0.464 e. The van der Waals surface area contributed by atoms with Crippen molar-refractivity contribution in [2.45, 2.75) is 6.42 Å². The Labute approximate surface area is 90.5 Å². The lowest BCUT2D eigenvalue weighted by Crippen LogP contribution is -2.03. The molecule has 0 aromatic carbocycles. The van der Waals surface area contributed by atoms with Crippen molar-refractivity contribution in [1.82, 2.24) is 10.2 Å². The number of ether oxygens (including phenoxy) is 1. The highest BCUT2D eigenvalue weighted by Crippen LogP contribution is 2.08. The summed E-state index contributed by atoms with van der Waals surface area (Å²) in [4.78, 5) is 11.2. The molecule has 1 rings (SSSR count). The molecular formula is C9H11BrN2O2. The Morgan fingerprint density at radius 2 is 2.57 bits per heavy atom. The van der Waals surface area contributed by atoms with E-state index < -0.39 is 5.97 Å². The molecule has 1 aromatic heterocycles. The van der Waals surface area contributed by atoms with Gasteiger partial charge in [0.15, 0.2) is 5.69 Å². The Hall–Kier alpha value is -1.10. The lowest BCUT2D eigenvalue weighted by atomic mass is 10.2. The number of esters is 1. The molecule has 0 saturated carbocycles. The summed E-state index contributed by atoms with van der Waals surface area (Å²) in [5, 5.41) is 7.27. The maximum atomic E-state index is 11.2. The molecule has 0 aliphatic rings. The van der Waals surface area contributed by atoms with Gasteiger partial charge in [-0.1, -0.05) is 28.1 Å². The van der Waals surface area contributed by atoms with E-state index in [9.17, 15) is 4.79 Å². The summed E-state index contributed by atoms with van der Waals surface area (Å²) >= 11 is 3.31. The number of carbonyl (C=O) groups is 1. The van der Waals surface area contributed by atoms with Crippen molar-refractivity contribution < 1.29 is 9.53 Å². The van der Waals surface area contributed by atoms with Crippen molar-refractivity contribution >= 4 is 28.0 Å². The predicted molar refractivity (Wildman–Crippen MR) is 57.4 cm³/mol. The summed E-state index contributed by atoms with van der Waals surface area (Å²) in [6, 6.07) is 0. The number of aromatic nitrogens is 2. The maximum Gasteiger partial charge on any atom is 0.356 e. The average molecular weight is 259 g/mol. The van der Waals surface area contributed by atoms with Gasteiger partial charge in [0.1, 0.15) is 0 Å². The molecule has 0 aliphatic carbocycles. The smallest absolute Gasteiger partial charge is 0.356 e. The Bertz CT molecular complexity index is 333. The third-order valence-corrected chi connectivity index (χ3v) is 2.09. The molecule has 0 atom stereocenters. The number of aromatic amines is 1. The minimum absolute atomic E-state index is 0.387. The molecule has 0 saturated heterocycles. The fourth-order valence-corrected chi connectivity index (χ4v) is 1.23. The van der Waals surface area contributed by atoms with Crippen LogP contribution in [-0.2, 0) is 4.74 Å². The van der Waals surface area contributed by atoms with Crippen molar-refractivity contribution in [3.8, 4) is 0 Å². The van der Waals surface area contributed by atoms with Gasteiger partial charge < -0.3 is 4.74 Å². The second-order valence-corrected chi connectivity index (χ2v) is 3.36. The van der Waals surface area contributed by atoms with E-state index in [1.54, 1.807) is 6.20 Å². The number of nitrogens with one attached hydrogen (secondary N) is 1. The number of carbonyl (C=O) groups excluding carboxylic acids is 1. The Balaban J connectivity index is 2.77. The zero-order valence-corrected chi connectivity index (χ0v) is 9.37. The topological polar surface area (TPSA) is 55.0 Å². The molecule has 0 fully saturated rings. The van der Waals surface area contributed by atoms with E-state index in [0.29, 0.717) is 5.69 Å². The first-order valence-electron chi connectivity index (χ1n) is 4.13. The number of alkyl halides is 1. The number of nitrogens with zero attached hydrogens (tertiary/aromatic N) is 1. The molecule has 1 N–H and O–H groups in total. The molecule has 0 unspecified atom stereocenters. The lowest BCUT2D eigenvalue weighted by Gasteiger charge is -1.95. The van der Waals surface area contributed by atoms with Gasteiger partial charge in [-0.25, -0.2) is 4.79 Å². The summed E-state index contributed by atoms with van der Waals surface area (Å²) < 4.78 is 4.59. The Kier molecular flexibility index (Phi) is 4.39. The van der Waals surface area contributed by atoms with Crippen LogP contribution in [0.4, 0.5) is 0 Å². The van der Waals surface area contributed by atoms with E-state index >= 15 is 0 Å². The molecule has 5 heteroatoms. The second kappa shape index (κ2) is 5.59. The van der Waals surface area contributed by atoms with E-state index in [-0.39, 0.29) is 0 Å². The van der Waals surface area contributed by atoms with Crippen LogP contribution in [0, 0.1) is 0 Å². The zero-order valence-electron chi connectivity index (χ0n) is 7.79. The number of H-pyrrole nitrogens is 1. The Morgan fingerprint density at radius 3 is 3.21 bits per heavy atom. The van der Waals surface area contributed by atoms with Crippen molar-refractivity contribution in [2.24, 2.45) is 0 Å². The second-order valence-electron chi connectivity index (χ2n) is 2.57. The van der Waals surface area contributed by atoms with Crippen molar-refractivity contribution in [3.05, 3.63) is 23.5 Å². The standard InChI is InChI=1S/C9H11BrN2O2/c1-14-9(13)8-7(6-11-12-8)4-2-3-5-10/h2,4,6H,3,5H2,1H3,(H,11,12). The molecule has 14 heavy (non-hydrogen) atoms. The van der Waals surface area contributed by atoms with Crippen LogP contribution in [0.3, 0.4) is 0 Å². The highest BCUT2D eigenvalue weighted by Gasteiger charge is 2.11. The molecule has 0 radical (unpaired) electrons. The number of hydrogen-bond acceptors (Lipinski definition) is 3. The van der Waals surface area contributed by atoms with Crippen molar-refractivity contribution in [3.63, 3.8) is 0 Å². The van der Waals surface area contributed by atoms with Gasteiger partial charge in [-0.05, 0) is 6.42 Å². The highest BCUT2D eigenvalue weighted by atomic mass is 79.9. The number of methoxy groups -OCH3 is 1. The van der Waals surface area contributed by atoms with Gasteiger partial charge in [0.25, 0.3) is 0 Å². The van der Waals surface area contributed by atoms with Gasteiger partial charge in [0.2, 0.25) is 0 Å². The number of allylic oxidation sites excluding steroid dienone is 1. The average Bonchev–Trinajstić information content (AvgIpc) is 2.65. The largest absolute Gasteiger partial charge is 0.464 e. The van der Waals surface area contributed by atoms with Crippen molar-refractivity contribution in [2.75, 3.05) is 12.4 Å². The van der Waals surface area contributed by atoms with Crippen molar-refractivity contribution in [1.29, 1.82) is 0 Å². The first-order chi connectivity index (χ1) is 6.79. The van der Waals surface area contributed by atoms with Gasteiger partial charge in [0, 0.05) is 10.9 Å².